The predicted octanol–water partition coefficient (Wildman–Crippen LogP) is 4.23. The summed E-state index contributed by atoms with van der Waals surface area (Å²) in [4.78, 5) is 15.0. The number of hydrogen-bond donors (Lipinski definition) is 1. The maximum Gasteiger partial charge on any atom is 0.227 e. The Balaban J connectivity index is 1.36. The van der Waals surface area contributed by atoms with Crippen molar-refractivity contribution in [2.24, 2.45) is 5.92 Å². The molecule has 0 amide bonds. The Morgan fingerprint density at radius 2 is 1.69 bits per heavy atom. The number of ether oxygens (including phenoxy) is 3. The molecule has 3 aromatic rings. The van der Waals surface area contributed by atoms with Gasteiger partial charge in [0.2, 0.25) is 5.95 Å². The first-order valence-electron chi connectivity index (χ1n) is 10.9. The number of nitriles is 1. The van der Waals surface area contributed by atoms with Gasteiger partial charge in [-0.3, -0.25) is 0 Å². The first-order chi connectivity index (χ1) is 17.0. The van der Waals surface area contributed by atoms with Gasteiger partial charge in [0.15, 0.2) is 28.9 Å². The topological polar surface area (TPSA) is 105 Å². The van der Waals surface area contributed by atoms with Crippen molar-refractivity contribution in [2.45, 2.75) is 19.4 Å². The van der Waals surface area contributed by atoms with Crippen LogP contribution in [0.25, 0.3) is 0 Å². The summed E-state index contributed by atoms with van der Waals surface area (Å²) in [5.74, 6) is -0.524. The highest BCUT2D eigenvalue weighted by molar-refractivity contribution is 5.55. The van der Waals surface area contributed by atoms with Gasteiger partial charge in [-0.05, 0) is 25.0 Å². The van der Waals surface area contributed by atoms with Gasteiger partial charge in [0.1, 0.15) is 12.4 Å². The van der Waals surface area contributed by atoms with Gasteiger partial charge in [-0.25, -0.2) is 23.7 Å². The first kappa shape index (κ1) is 23.9. The number of methoxy groups -OCH3 is 2. The van der Waals surface area contributed by atoms with E-state index in [1.807, 2.05) is 12.1 Å². The van der Waals surface area contributed by atoms with Crippen molar-refractivity contribution < 1.29 is 23.0 Å². The lowest BCUT2D eigenvalue weighted by atomic mass is 9.99. The standard InChI is InChI=1S/C24H24F2N6O3/c1-33-19-9-20(34-2)23(26)18(22(19)25)14-35-17-12-29-24(30-13-17)31-16-3-4-21(28-11-16)32-7-5-15(10-27)6-8-32/h3-4,9,11-13,15H,5-8,14H2,1-2H3,(H,29,30,31). The molecule has 0 bridgehead atoms. The van der Waals surface area contributed by atoms with E-state index in [1.165, 1.54) is 26.6 Å². The Hall–Kier alpha value is -4.20. The minimum absolute atomic E-state index is 0.118. The summed E-state index contributed by atoms with van der Waals surface area (Å²) in [7, 11) is 2.56. The zero-order valence-electron chi connectivity index (χ0n) is 19.3. The molecule has 0 saturated carbocycles. The Labute approximate surface area is 201 Å². The third-order valence-corrected chi connectivity index (χ3v) is 5.68. The quantitative estimate of drug-likeness (QED) is 0.505. The molecule has 0 atom stereocenters. The number of piperidine rings is 1. The van der Waals surface area contributed by atoms with E-state index in [0.717, 1.165) is 37.8 Å². The van der Waals surface area contributed by atoms with Crippen LogP contribution in [0.3, 0.4) is 0 Å². The van der Waals surface area contributed by atoms with Crippen molar-refractivity contribution in [1.82, 2.24) is 15.0 Å². The molecule has 9 nitrogen and oxygen atoms in total. The van der Waals surface area contributed by atoms with E-state index in [9.17, 15) is 8.78 Å². The summed E-state index contributed by atoms with van der Waals surface area (Å²) in [5, 5.41) is 12.1. The molecular formula is C24H24F2N6O3. The van der Waals surface area contributed by atoms with E-state index in [-0.39, 0.29) is 28.7 Å². The molecule has 1 aromatic carbocycles. The van der Waals surface area contributed by atoms with Gasteiger partial charge in [-0.2, -0.15) is 5.26 Å². The highest BCUT2D eigenvalue weighted by Crippen LogP contribution is 2.32. The molecule has 0 radical (unpaired) electrons. The molecule has 1 aliphatic heterocycles. The number of halogens is 2. The number of aromatic nitrogens is 3. The highest BCUT2D eigenvalue weighted by Gasteiger charge is 2.21. The number of anilines is 3. The number of benzene rings is 1. The van der Waals surface area contributed by atoms with Gasteiger partial charge < -0.3 is 24.4 Å². The van der Waals surface area contributed by atoms with Crippen LogP contribution in [-0.2, 0) is 6.61 Å². The largest absolute Gasteiger partial charge is 0.494 e. The fourth-order valence-corrected chi connectivity index (χ4v) is 3.69. The van der Waals surface area contributed by atoms with Crippen LogP contribution in [0.1, 0.15) is 18.4 Å². The maximum atomic E-state index is 14.5. The molecule has 1 N–H and O–H groups in total. The van der Waals surface area contributed by atoms with Crippen LogP contribution in [0.2, 0.25) is 0 Å². The molecule has 35 heavy (non-hydrogen) atoms. The molecule has 0 aliphatic carbocycles. The van der Waals surface area contributed by atoms with Crippen LogP contribution in [-0.4, -0.2) is 42.3 Å². The fraction of sp³-hybridized carbons (Fsp3) is 0.333. The van der Waals surface area contributed by atoms with Crippen LogP contribution in [0, 0.1) is 28.9 Å². The lowest BCUT2D eigenvalue weighted by Crippen LogP contribution is -2.33. The second kappa shape index (κ2) is 10.8. The number of hydrogen-bond acceptors (Lipinski definition) is 9. The summed E-state index contributed by atoms with van der Waals surface area (Å²) < 4.78 is 44.3. The molecule has 1 aliphatic rings. The Kier molecular flexibility index (Phi) is 7.40. The van der Waals surface area contributed by atoms with E-state index in [0.29, 0.717) is 11.6 Å². The molecule has 0 unspecified atom stereocenters. The fourth-order valence-electron chi connectivity index (χ4n) is 3.69. The third-order valence-electron chi connectivity index (χ3n) is 5.68. The van der Waals surface area contributed by atoms with Crippen LogP contribution in [0.15, 0.2) is 36.8 Å². The number of pyridine rings is 1. The van der Waals surface area contributed by atoms with Crippen molar-refractivity contribution in [3.05, 3.63) is 54.0 Å². The van der Waals surface area contributed by atoms with E-state index in [4.69, 9.17) is 19.5 Å². The predicted molar refractivity (Wildman–Crippen MR) is 124 cm³/mol. The Morgan fingerprint density at radius 1 is 1.03 bits per heavy atom. The van der Waals surface area contributed by atoms with Crippen molar-refractivity contribution in [3.63, 3.8) is 0 Å². The van der Waals surface area contributed by atoms with Crippen molar-refractivity contribution in [1.29, 1.82) is 5.26 Å². The van der Waals surface area contributed by atoms with Gasteiger partial charge in [-0.15, -0.1) is 0 Å². The van der Waals surface area contributed by atoms with E-state index >= 15 is 0 Å². The zero-order chi connectivity index (χ0) is 24.8. The Bertz CT molecular complexity index is 1170. The summed E-state index contributed by atoms with van der Waals surface area (Å²) in [6.07, 6.45) is 6.14. The maximum absolute atomic E-state index is 14.5. The summed E-state index contributed by atoms with van der Waals surface area (Å²) in [5.41, 5.74) is 0.369. The molecular weight excluding hydrogens is 458 g/mol. The molecule has 1 saturated heterocycles. The van der Waals surface area contributed by atoms with Gasteiger partial charge in [-0.1, -0.05) is 0 Å². The number of rotatable bonds is 8. The highest BCUT2D eigenvalue weighted by atomic mass is 19.1. The Morgan fingerprint density at radius 3 is 2.23 bits per heavy atom. The molecule has 182 valence electrons. The van der Waals surface area contributed by atoms with Crippen molar-refractivity contribution in [3.8, 4) is 23.3 Å². The molecule has 4 rings (SSSR count). The molecule has 11 heteroatoms. The van der Waals surface area contributed by atoms with Gasteiger partial charge in [0, 0.05) is 25.1 Å². The minimum atomic E-state index is -0.865. The summed E-state index contributed by atoms with van der Waals surface area (Å²) in [6, 6.07) is 7.23. The summed E-state index contributed by atoms with van der Waals surface area (Å²) >= 11 is 0. The van der Waals surface area contributed by atoms with Crippen LogP contribution in [0.5, 0.6) is 17.2 Å². The lowest BCUT2D eigenvalue weighted by molar-refractivity contribution is 0.280. The van der Waals surface area contributed by atoms with E-state index in [2.05, 4.69) is 31.2 Å². The monoisotopic (exact) mass is 482 g/mol. The normalized spacial score (nSPS) is 13.7. The van der Waals surface area contributed by atoms with Gasteiger partial charge >= 0.3 is 0 Å². The first-order valence-corrected chi connectivity index (χ1v) is 10.9. The molecule has 0 spiro atoms. The van der Waals surface area contributed by atoms with E-state index in [1.54, 1.807) is 6.20 Å². The smallest absolute Gasteiger partial charge is 0.227 e. The second-order valence-corrected chi connectivity index (χ2v) is 7.84. The van der Waals surface area contributed by atoms with Crippen LogP contribution < -0.4 is 24.4 Å². The average molecular weight is 482 g/mol. The van der Waals surface area contributed by atoms with Gasteiger partial charge in [0.05, 0.1) is 50.1 Å². The van der Waals surface area contributed by atoms with Crippen molar-refractivity contribution >= 4 is 17.5 Å². The van der Waals surface area contributed by atoms with Crippen LogP contribution >= 0.6 is 0 Å². The molecule has 1 fully saturated rings. The number of nitrogens with zero attached hydrogens (tertiary/aromatic N) is 5. The second-order valence-electron chi connectivity index (χ2n) is 7.84. The third kappa shape index (κ3) is 5.48. The zero-order valence-corrected chi connectivity index (χ0v) is 19.3. The number of nitrogens with one attached hydrogen (secondary N) is 1. The minimum Gasteiger partial charge on any atom is -0.494 e. The van der Waals surface area contributed by atoms with Gasteiger partial charge in [0.25, 0.3) is 0 Å². The van der Waals surface area contributed by atoms with Crippen LogP contribution in [0.4, 0.5) is 26.2 Å². The SMILES string of the molecule is COc1cc(OC)c(F)c(COc2cnc(Nc3ccc(N4CCC(C#N)CC4)nc3)nc2)c1F. The molecule has 2 aromatic heterocycles. The molecule has 3 heterocycles. The van der Waals surface area contributed by atoms with Crippen molar-refractivity contribution in [2.75, 3.05) is 37.5 Å². The average Bonchev–Trinajstić information content (AvgIpc) is 2.90. The summed E-state index contributed by atoms with van der Waals surface area (Å²) in [6.45, 7) is 1.20. The van der Waals surface area contributed by atoms with E-state index < -0.39 is 18.2 Å². The lowest BCUT2D eigenvalue weighted by Gasteiger charge is -2.30.